The smallest absolute Gasteiger partial charge is 0.258 e. The Kier molecular flexibility index (Phi) is 4.36. The molecule has 24 heavy (non-hydrogen) atoms. The molecular formula is C17H12ClN3O3. The van der Waals surface area contributed by atoms with Gasteiger partial charge in [-0.25, -0.2) is 4.98 Å². The van der Waals surface area contributed by atoms with Crippen LogP contribution < -0.4 is 15.0 Å². The van der Waals surface area contributed by atoms with E-state index < -0.39 is 0 Å². The quantitative estimate of drug-likeness (QED) is 0.729. The lowest BCUT2D eigenvalue weighted by molar-refractivity contribution is 0.280. The molecule has 7 heteroatoms. The first-order valence-corrected chi connectivity index (χ1v) is 7.37. The van der Waals surface area contributed by atoms with Gasteiger partial charge in [0.1, 0.15) is 12.3 Å². The molecule has 0 aliphatic carbocycles. The van der Waals surface area contributed by atoms with Crippen molar-refractivity contribution in [1.29, 1.82) is 5.26 Å². The fraction of sp³-hybridized carbons (Fsp3) is 0.118. The maximum Gasteiger partial charge on any atom is 0.258 e. The maximum absolute atomic E-state index is 12.1. The van der Waals surface area contributed by atoms with E-state index in [0.717, 1.165) is 0 Å². The average Bonchev–Trinajstić information content (AvgIpc) is 2.60. The number of aromatic nitrogens is 2. The molecule has 2 aromatic heterocycles. The lowest BCUT2D eigenvalue weighted by atomic mass is 10.2. The van der Waals surface area contributed by atoms with Crippen LogP contribution in [0.2, 0.25) is 5.02 Å². The zero-order chi connectivity index (χ0) is 17.1. The van der Waals surface area contributed by atoms with E-state index in [1.165, 1.54) is 23.8 Å². The molecule has 0 radical (unpaired) electrons. The summed E-state index contributed by atoms with van der Waals surface area (Å²) < 4.78 is 12.2. The molecule has 0 saturated carbocycles. The van der Waals surface area contributed by atoms with Gasteiger partial charge in [-0.3, -0.25) is 9.20 Å². The van der Waals surface area contributed by atoms with Gasteiger partial charge < -0.3 is 9.47 Å². The van der Waals surface area contributed by atoms with Crippen LogP contribution in [0.15, 0.2) is 47.4 Å². The second-order valence-corrected chi connectivity index (χ2v) is 5.36. The van der Waals surface area contributed by atoms with Gasteiger partial charge in [0.25, 0.3) is 5.56 Å². The van der Waals surface area contributed by atoms with E-state index in [2.05, 4.69) is 4.98 Å². The van der Waals surface area contributed by atoms with Crippen molar-refractivity contribution in [3.05, 3.63) is 69.2 Å². The number of halogens is 1. The maximum atomic E-state index is 12.1. The highest BCUT2D eigenvalue weighted by Gasteiger charge is 2.08. The van der Waals surface area contributed by atoms with Crippen LogP contribution in [-0.4, -0.2) is 16.5 Å². The molecular weight excluding hydrogens is 330 g/mol. The Hall–Kier alpha value is -3.04. The van der Waals surface area contributed by atoms with Crippen molar-refractivity contribution in [2.45, 2.75) is 6.61 Å². The highest BCUT2D eigenvalue weighted by Crippen LogP contribution is 2.28. The highest BCUT2D eigenvalue weighted by atomic mass is 35.5. The molecule has 0 spiro atoms. The lowest BCUT2D eigenvalue weighted by Gasteiger charge is -2.11. The van der Waals surface area contributed by atoms with Crippen molar-refractivity contribution in [2.24, 2.45) is 0 Å². The number of pyridine rings is 1. The Morgan fingerprint density at radius 2 is 2.08 bits per heavy atom. The molecule has 3 aromatic rings. The normalized spacial score (nSPS) is 10.4. The van der Waals surface area contributed by atoms with Crippen LogP contribution in [0.1, 0.15) is 11.3 Å². The minimum absolute atomic E-state index is 0.0939. The summed E-state index contributed by atoms with van der Waals surface area (Å²) in [4.78, 5) is 16.5. The molecule has 120 valence electrons. The zero-order valence-corrected chi connectivity index (χ0v) is 13.4. The Morgan fingerprint density at radius 1 is 1.25 bits per heavy atom. The first-order chi connectivity index (χ1) is 11.6. The molecule has 0 aliphatic heterocycles. The molecule has 0 N–H and O–H groups in total. The molecule has 2 heterocycles. The van der Waals surface area contributed by atoms with Crippen LogP contribution >= 0.6 is 11.6 Å². The van der Waals surface area contributed by atoms with Gasteiger partial charge in [0.15, 0.2) is 11.5 Å². The topological polar surface area (TPSA) is 76.6 Å². The fourth-order valence-corrected chi connectivity index (χ4v) is 2.37. The number of nitrogens with zero attached hydrogens (tertiary/aromatic N) is 3. The van der Waals surface area contributed by atoms with Gasteiger partial charge in [0.05, 0.1) is 29.5 Å². The molecule has 0 bridgehead atoms. The molecule has 3 rings (SSSR count). The van der Waals surface area contributed by atoms with Crippen LogP contribution in [0.3, 0.4) is 0 Å². The monoisotopic (exact) mass is 341 g/mol. The van der Waals surface area contributed by atoms with Gasteiger partial charge in [-0.05, 0) is 24.3 Å². The number of fused-ring (bicyclic) bond motifs is 1. The average molecular weight is 342 g/mol. The number of methoxy groups -OCH3 is 1. The second-order valence-electron chi connectivity index (χ2n) is 4.93. The first kappa shape index (κ1) is 15.8. The summed E-state index contributed by atoms with van der Waals surface area (Å²) >= 11 is 5.88. The van der Waals surface area contributed by atoms with Crippen molar-refractivity contribution in [3.63, 3.8) is 0 Å². The Bertz CT molecular complexity index is 1010. The summed E-state index contributed by atoms with van der Waals surface area (Å²) in [5, 5.41) is 9.36. The van der Waals surface area contributed by atoms with E-state index in [0.29, 0.717) is 33.4 Å². The van der Waals surface area contributed by atoms with Crippen molar-refractivity contribution < 1.29 is 9.47 Å². The standard InChI is InChI=1S/C17H12ClN3O3/c1-23-15-6-11(8-19)2-4-14(15)24-10-13-7-17(22)21-9-12(18)3-5-16(21)20-13/h2-7,9H,10H2,1H3. The fourth-order valence-electron chi connectivity index (χ4n) is 2.21. The first-order valence-electron chi connectivity index (χ1n) is 6.99. The zero-order valence-electron chi connectivity index (χ0n) is 12.7. The Labute approximate surface area is 142 Å². The third-order valence-corrected chi connectivity index (χ3v) is 3.57. The Balaban J connectivity index is 1.87. The van der Waals surface area contributed by atoms with Crippen molar-refractivity contribution in [1.82, 2.24) is 9.38 Å². The van der Waals surface area contributed by atoms with E-state index in [-0.39, 0.29) is 12.2 Å². The Morgan fingerprint density at radius 3 is 2.83 bits per heavy atom. The third kappa shape index (κ3) is 3.16. The van der Waals surface area contributed by atoms with Gasteiger partial charge in [-0.15, -0.1) is 0 Å². The SMILES string of the molecule is COc1cc(C#N)ccc1OCc1cc(=O)n2cc(Cl)ccc2n1. The number of rotatable bonds is 4. The van der Waals surface area contributed by atoms with E-state index in [1.54, 1.807) is 30.3 Å². The van der Waals surface area contributed by atoms with Crippen LogP contribution in [0, 0.1) is 11.3 Å². The van der Waals surface area contributed by atoms with Gasteiger partial charge in [-0.1, -0.05) is 11.6 Å². The predicted molar refractivity (Wildman–Crippen MR) is 88.5 cm³/mol. The number of hydrogen-bond donors (Lipinski definition) is 0. The lowest BCUT2D eigenvalue weighted by Crippen LogP contribution is -2.16. The minimum atomic E-state index is -0.243. The summed E-state index contributed by atoms with van der Waals surface area (Å²) in [5.74, 6) is 0.910. The summed E-state index contributed by atoms with van der Waals surface area (Å²) in [6, 6.07) is 11.6. The summed E-state index contributed by atoms with van der Waals surface area (Å²) in [6.45, 7) is 0.0939. The molecule has 0 atom stereocenters. The summed E-state index contributed by atoms with van der Waals surface area (Å²) in [5.41, 5.74) is 1.19. The largest absolute Gasteiger partial charge is 0.493 e. The van der Waals surface area contributed by atoms with E-state index in [4.69, 9.17) is 26.3 Å². The number of hydrogen-bond acceptors (Lipinski definition) is 5. The van der Waals surface area contributed by atoms with Crippen molar-refractivity contribution in [2.75, 3.05) is 7.11 Å². The molecule has 6 nitrogen and oxygen atoms in total. The number of benzene rings is 1. The van der Waals surface area contributed by atoms with Gasteiger partial charge in [0.2, 0.25) is 0 Å². The number of nitriles is 1. The van der Waals surface area contributed by atoms with Gasteiger partial charge in [-0.2, -0.15) is 5.26 Å². The summed E-state index contributed by atoms with van der Waals surface area (Å²) in [6.07, 6.45) is 1.51. The van der Waals surface area contributed by atoms with Crippen LogP contribution in [0.25, 0.3) is 5.65 Å². The van der Waals surface area contributed by atoms with Crippen LogP contribution in [0.5, 0.6) is 11.5 Å². The molecule has 0 unspecified atom stereocenters. The van der Waals surface area contributed by atoms with E-state index in [1.807, 2.05) is 6.07 Å². The van der Waals surface area contributed by atoms with Gasteiger partial charge >= 0.3 is 0 Å². The molecule has 1 aromatic carbocycles. The van der Waals surface area contributed by atoms with Gasteiger partial charge in [0, 0.05) is 18.3 Å². The van der Waals surface area contributed by atoms with Crippen molar-refractivity contribution in [3.8, 4) is 17.6 Å². The van der Waals surface area contributed by atoms with Crippen molar-refractivity contribution >= 4 is 17.2 Å². The third-order valence-electron chi connectivity index (χ3n) is 3.34. The second kappa shape index (κ2) is 6.60. The predicted octanol–water partition coefficient (Wildman–Crippen LogP) is 2.81. The molecule has 0 amide bonds. The highest BCUT2D eigenvalue weighted by molar-refractivity contribution is 6.30. The summed E-state index contributed by atoms with van der Waals surface area (Å²) in [7, 11) is 1.49. The van der Waals surface area contributed by atoms with E-state index >= 15 is 0 Å². The molecule has 0 aliphatic rings. The van der Waals surface area contributed by atoms with Crippen LogP contribution in [-0.2, 0) is 6.61 Å². The molecule has 0 saturated heterocycles. The number of ether oxygens (including phenoxy) is 2. The minimum Gasteiger partial charge on any atom is -0.493 e. The van der Waals surface area contributed by atoms with E-state index in [9.17, 15) is 4.79 Å². The molecule has 0 fully saturated rings. The van der Waals surface area contributed by atoms with Crippen LogP contribution in [0.4, 0.5) is 0 Å².